The minimum atomic E-state index is -0.117. The third-order valence-corrected chi connectivity index (χ3v) is 3.69. The van der Waals surface area contributed by atoms with E-state index in [9.17, 15) is 9.59 Å². The number of hydrogen-bond donors (Lipinski definition) is 2. The van der Waals surface area contributed by atoms with Crippen molar-refractivity contribution in [1.82, 2.24) is 4.90 Å². The van der Waals surface area contributed by atoms with Crippen LogP contribution in [0.5, 0.6) is 0 Å². The van der Waals surface area contributed by atoms with Crippen LogP contribution in [-0.4, -0.2) is 29.9 Å². The Morgan fingerprint density at radius 3 is 2.33 bits per heavy atom. The molecule has 0 aliphatic carbocycles. The highest BCUT2D eigenvalue weighted by Gasteiger charge is 2.15. The highest BCUT2D eigenvalue weighted by Crippen LogP contribution is 2.21. The highest BCUT2D eigenvalue weighted by molar-refractivity contribution is 5.93. The van der Waals surface area contributed by atoms with Crippen LogP contribution in [0.2, 0.25) is 0 Å². The van der Waals surface area contributed by atoms with E-state index < -0.39 is 0 Å². The first kappa shape index (κ1) is 15.4. The Morgan fingerprint density at radius 1 is 1.05 bits per heavy atom. The quantitative estimate of drug-likeness (QED) is 0.877. The molecule has 1 fully saturated rings. The molecule has 1 aliphatic rings. The monoisotopic (exact) mass is 289 g/mol. The van der Waals surface area contributed by atoms with E-state index in [0.717, 1.165) is 37.2 Å². The summed E-state index contributed by atoms with van der Waals surface area (Å²) < 4.78 is 0. The lowest BCUT2D eigenvalue weighted by molar-refractivity contribution is -0.114. The number of amides is 3. The van der Waals surface area contributed by atoms with Crippen LogP contribution in [0.15, 0.2) is 18.2 Å². The normalized spacial score (nSPS) is 15.2. The van der Waals surface area contributed by atoms with Gasteiger partial charge in [-0.2, -0.15) is 0 Å². The van der Waals surface area contributed by atoms with E-state index in [1.54, 1.807) is 6.07 Å². The van der Waals surface area contributed by atoms with Crippen molar-refractivity contribution in [2.45, 2.75) is 39.5 Å². The summed E-state index contributed by atoms with van der Waals surface area (Å²) in [5, 5.41) is 5.69. The van der Waals surface area contributed by atoms with Gasteiger partial charge in [-0.05, 0) is 37.5 Å². The van der Waals surface area contributed by atoms with Crippen LogP contribution in [0.1, 0.15) is 38.2 Å². The Labute approximate surface area is 125 Å². The lowest BCUT2D eigenvalue weighted by Gasteiger charge is -2.21. The number of likely N-dealkylation sites (tertiary alicyclic amines) is 1. The average Bonchev–Trinajstić information content (AvgIpc) is 2.71. The first-order chi connectivity index (χ1) is 10.1. The second kappa shape index (κ2) is 7.11. The van der Waals surface area contributed by atoms with Crippen molar-refractivity contribution in [1.29, 1.82) is 0 Å². The van der Waals surface area contributed by atoms with Gasteiger partial charge in [-0.25, -0.2) is 4.79 Å². The zero-order valence-electron chi connectivity index (χ0n) is 12.7. The first-order valence-electron chi connectivity index (χ1n) is 7.50. The number of nitrogens with zero attached hydrogens (tertiary/aromatic N) is 1. The number of benzene rings is 1. The second-order valence-corrected chi connectivity index (χ2v) is 5.54. The molecule has 114 valence electrons. The van der Waals surface area contributed by atoms with Gasteiger partial charge in [0.25, 0.3) is 0 Å². The van der Waals surface area contributed by atoms with Crippen LogP contribution in [0.4, 0.5) is 16.2 Å². The van der Waals surface area contributed by atoms with E-state index in [0.29, 0.717) is 5.69 Å². The van der Waals surface area contributed by atoms with Crippen molar-refractivity contribution in [2.24, 2.45) is 0 Å². The molecule has 21 heavy (non-hydrogen) atoms. The van der Waals surface area contributed by atoms with Crippen LogP contribution in [0.3, 0.4) is 0 Å². The molecule has 1 heterocycles. The molecule has 5 heteroatoms. The SMILES string of the molecule is CC(=O)Nc1cc(NC(=O)N2CCCCCC2)ccc1C. The average molecular weight is 289 g/mol. The number of carbonyl (C=O) groups is 2. The lowest BCUT2D eigenvalue weighted by atomic mass is 10.2. The van der Waals surface area contributed by atoms with Crippen molar-refractivity contribution >= 4 is 23.3 Å². The van der Waals surface area contributed by atoms with Gasteiger partial charge >= 0.3 is 6.03 Å². The maximum atomic E-state index is 12.3. The zero-order chi connectivity index (χ0) is 15.2. The number of anilines is 2. The smallest absolute Gasteiger partial charge is 0.321 e. The number of urea groups is 1. The van der Waals surface area contributed by atoms with E-state index in [4.69, 9.17) is 0 Å². The number of nitrogens with one attached hydrogen (secondary N) is 2. The summed E-state index contributed by atoms with van der Waals surface area (Å²) in [5.41, 5.74) is 2.41. The molecule has 1 saturated heterocycles. The fourth-order valence-corrected chi connectivity index (χ4v) is 2.50. The molecule has 5 nitrogen and oxygen atoms in total. The minimum Gasteiger partial charge on any atom is -0.326 e. The molecular weight excluding hydrogens is 266 g/mol. The Balaban J connectivity index is 2.04. The Hall–Kier alpha value is -2.04. The molecule has 0 unspecified atom stereocenters. The third-order valence-electron chi connectivity index (χ3n) is 3.69. The van der Waals surface area contributed by atoms with E-state index in [1.165, 1.54) is 19.8 Å². The summed E-state index contributed by atoms with van der Waals surface area (Å²) in [6.45, 7) is 5.03. The highest BCUT2D eigenvalue weighted by atomic mass is 16.2. The topological polar surface area (TPSA) is 61.4 Å². The number of rotatable bonds is 2. The van der Waals surface area contributed by atoms with Crippen molar-refractivity contribution in [3.8, 4) is 0 Å². The minimum absolute atomic E-state index is 0.0606. The van der Waals surface area contributed by atoms with Gasteiger partial charge in [0.15, 0.2) is 0 Å². The first-order valence-corrected chi connectivity index (χ1v) is 7.50. The molecule has 0 radical (unpaired) electrons. The van der Waals surface area contributed by atoms with E-state index in [1.807, 2.05) is 24.0 Å². The van der Waals surface area contributed by atoms with Gasteiger partial charge in [-0.15, -0.1) is 0 Å². The Kier molecular flexibility index (Phi) is 5.20. The van der Waals surface area contributed by atoms with Gasteiger partial charge in [0.2, 0.25) is 5.91 Å². The number of hydrogen-bond acceptors (Lipinski definition) is 2. The molecule has 1 aromatic carbocycles. The molecule has 0 atom stereocenters. The number of carbonyl (C=O) groups excluding carboxylic acids is 2. The summed E-state index contributed by atoms with van der Waals surface area (Å²) in [7, 11) is 0. The van der Waals surface area contributed by atoms with Crippen molar-refractivity contribution < 1.29 is 9.59 Å². The molecule has 1 aromatic rings. The third kappa shape index (κ3) is 4.48. The lowest BCUT2D eigenvalue weighted by Crippen LogP contribution is -2.35. The molecule has 2 N–H and O–H groups in total. The summed E-state index contributed by atoms with van der Waals surface area (Å²) in [6.07, 6.45) is 4.53. The van der Waals surface area contributed by atoms with Gasteiger partial charge in [0, 0.05) is 31.4 Å². The van der Waals surface area contributed by atoms with Crippen LogP contribution in [0, 0.1) is 6.92 Å². The molecular formula is C16H23N3O2. The fourth-order valence-electron chi connectivity index (χ4n) is 2.50. The van der Waals surface area contributed by atoms with Gasteiger partial charge in [0.1, 0.15) is 0 Å². The molecule has 0 bridgehead atoms. The van der Waals surface area contributed by atoms with E-state index >= 15 is 0 Å². The van der Waals surface area contributed by atoms with Gasteiger partial charge in [-0.1, -0.05) is 18.9 Å². The standard InChI is InChI=1S/C16H23N3O2/c1-12-7-8-14(11-15(12)17-13(2)20)18-16(21)19-9-5-3-4-6-10-19/h7-8,11H,3-6,9-10H2,1-2H3,(H,17,20)(H,18,21). The molecule has 0 aromatic heterocycles. The largest absolute Gasteiger partial charge is 0.326 e. The maximum absolute atomic E-state index is 12.3. The summed E-state index contributed by atoms with van der Waals surface area (Å²) >= 11 is 0. The van der Waals surface area contributed by atoms with Gasteiger partial charge in [0.05, 0.1) is 0 Å². The van der Waals surface area contributed by atoms with E-state index in [2.05, 4.69) is 10.6 Å². The predicted molar refractivity (Wildman–Crippen MR) is 84.5 cm³/mol. The molecule has 1 aliphatic heterocycles. The number of aryl methyl sites for hydroxylation is 1. The molecule has 0 saturated carbocycles. The molecule has 2 rings (SSSR count). The van der Waals surface area contributed by atoms with Crippen LogP contribution in [0.25, 0.3) is 0 Å². The fraction of sp³-hybridized carbons (Fsp3) is 0.500. The van der Waals surface area contributed by atoms with E-state index in [-0.39, 0.29) is 11.9 Å². The van der Waals surface area contributed by atoms with Crippen LogP contribution >= 0.6 is 0 Å². The summed E-state index contributed by atoms with van der Waals surface area (Å²) in [5.74, 6) is -0.117. The predicted octanol–water partition coefficient (Wildman–Crippen LogP) is 3.36. The van der Waals surface area contributed by atoms with Crippen molar-refractivity contribution in [2.75, 3.05) is 23.7 Å². The van der Waals surface area contributed by atoms with Crippen LogP contribution < -0.4 is 10.6 Å². The second-order valence-electron chi connectivity index (χ2n) is 5.54. The zero-order valence-corrected chi connectivity index (χ0v) is 12.7. The summed E-state index contributed by atoms with van der Waals surface area (Å²) in [4.78, 5) is 25.3. The van der Waals surface area contributed by atoms with Crippen LogP contribution in [-0.2, 0) is 4.79 Å². The van der Waals surface area contributed by atoms with Gasteiger partial charge in [-0.3, -0.25) is 4.79 Å². The summed E-state index contributed by atoms with van der Waals surface area (Å²) in [6, 6.07) is 5.49. The van der Waals surface area contributed by atoms with Crippen molar-refractivity contribution in [3.63, 3.8) is 0 Å². The Bertz CT molecular complexity index is 520. The maximum Gasteiger partial charge on any atom is 0.321 e. The van der Waals surface area contributed by atoms with Crippen molar-refractivity contribution in [3.05, 3.63) is 23.8 Å². The Morgan fingerprint density at radius 2 is 1.71 bits per heavy atom. The molecule has 0 spiro atoms. The molecule has 3 amide bonds. The van der Waals surface area contributed by atoms with Gasteiger partial charge < -0.3 is 15.5 Å².